The van der Waals surface area contributed by atoms with Gasteiger partial charge in [0.05, 0.1) is 11.1 Å². The van der Waals surface area contributed by atoms with Crippen molar-refractivity contribution in [3.63, 3.8) is 0 Å². The molecule has 0 fully saturated rings. The number of carbonyl (C=O) groups is 2. The predicted octanol–water partition coefficient (Wildman–Crippen LogP) is 3.89. The second kappa shape index (κ2) is 4.89. The van der Waals surface area contributed by atoms with Gasteiger partial charge in [0.25, 0.3) is 0 Å². The summed E-state index contributed by atoms with van der Waals surface area (Å²) < 4.78 is 13.6. The molecule has 1 aliphatic rings. The molecule has 100 valence electrons. The van der Waals surface area contributed by atoms with Crippen molar-refractivity contribution < 1.29 is 14.0 Å². The van der Waals surface area contributed by atoms with Gasteiger partial charge in [-0.25, -0.2) is 4.39 Å². The van der Waals surface area contributed by atoms with E-state index in [4.69, 9.17) is 11.6 Å². The first kappa shape index (κ1) is 13.9. The molecule has 0 N–H and O–H groups in total. The van der Waals surface area contributed by atoms with Gasteiger partial charge in [-0.3, -0.25) is 9.59 Å². The Hall–Kier alpha value is -1.48. The maximum Gasteiger partial charge on any atom is 0.200 e. The summed E-state index contributed by atoms with van der Waals surface area (Å²) in [5, 5.41) is 0.231. The lowest BCUT2D eigenvalue weighted by Gasteiger charge is -2.29. The third-order valence-corrected chi connectivity index (χ3v) is 3.49. The van der Waals surface area contributed by atoms with Crippen molar-refractivity contribution in [2.75, 3.05) is 0 Å². The monoisotopic (exact) mass is 280 g/mol. The first-order chi connectivity index (χ1) is 8.82. The second-order valence-corrected chi connectivity index (χ2v) is 5.99. The lowest BCUT2D eigenvalue weighted by molar-refractivity contribution is -0.117. The number of carbonyl (C=O) groups excluding carboxylic acids is 2. The molecule has 0 saturated heterocycles. The normalized spacial score (nSPS) is 18.6. The Morgan fingerprint density at radius 2 is 1.89 bits per heavy atom. The molecule has 0 heterocycles. The minimum absolute atomic E-state index is 0.0638. The van der Waals surface area contributed by atoms with Crippen LogP contribution in [0.5, 0.6) is 0 Å². The third-order valence-electron chi connectivity index (χ3n) is 3.17. The van der Waals surface area contributed by atoms with Crippen molar-refractivity contribution in [2.45, 2.75) is 26.7 Å². The number of rotatable bonds is 2. The number of hydrogen-bond acceptors (Lipinski definition) is 2. The molecule has 4 heteroatoms. The predicted molar refractivity (Wildman–Crippen MR) is 71.6 cm³/mol. The second-order valence-electron chi connectivity index (χ2n) is 5.53. The Labute approximate surface area is 116 Å². The average Bonchev–Trinajstić information content (AvgIpc) is 2.26. The van der Waals surface area contributed by atoms with E-state index >= 15 is 0 Å². The van der Waals surface area contributed by atoms with Crippen LogP contribution in [-0.2, 0) is 4.79 Å². The largest absolute Gasteiger partial charge is 0.294 e. The van der Waals surface area contributed by atoms with Crippen LogP contribution >= 0.6 is 11.6 Å². The fourth-order valence-corrected chi connectivity index (χ4v) is 2.83. The fourth-order valence-electron chi connectivity index (χ4n) is 2.28. The van der Waals surface area contributed by atoms with E-state index < -0.39 is 11.6 Å². The molecule has 0 aliphatic heterocycles. The Balaban J connectivity index is 2.45. The molecule has 2 rings (SSSR count). The molecule has 1 aliphatic carbocycles. The van der Waals surface area contributed by atoms with E-state index in [1.54, 1.807) is 6.07 Å². The lowest BCUT2D eigenvalue weighted by Crippen LogP contribution is -2.28. The van der Waals surface area contributed by atoms with Crippen LogP contribution in [0, 0.1) is 11.2 Å². The zero-order valence-corrected chi connectivity index (χ0v) is 11.6. The smallest absolute Gasteiger partial charge is 0.200 e. The van der Waals surface area contributed by atoms with Gasteiger partial charge in [0.2, 0.25) is 5.78 Å². The van der Waals surface area contributed by atoms with E-state index in [0.29, 0.717) is 6.42 Å². The zero-order valence-electron chi connectivity index (χ0n) is 10.8. The quantitative estimate of drug-likeness (QED) is 0.608. The van der Waals surface area contributed by atoms with E-state index in [-0.39, 0.29) is 33.8 Å². The van der Waals surface area contributed by atoms with Crippen molar-refractivity contribution in [2.24, 2.45) is 5.41 Å². The van der Waals surface area contributed by atoms with Crippen LogP contribution in [0.4, 0.5) is 4.39 Å². The van der Waals surface area contributed by atoms with Crippen LogP contribution in [0.25, 0.3) is 0 Å². The molecule has 1 aromatic rings. The molecule has 0 spiro atoms. The number of benzene rings is 1. The Morgan fingerprint density at radius 3 is 2.47 bits per heavy atom. The van der Waals surface area contributed by atoms with Gasteiger partial charge in [-0.1, -0.05) is 37.6 Å². The van der Waals surface area contributed by atoms with Crippen LogP contribution in [-0.4, -0.2) is 11.6 Å². The molecule has 0 amide bonds. The average molecular weight is 281 g/mol. The summed E-state index contributed by atoms with van der Waals surface area (Å²) in [4.78, 5) is 24.3. The van der Waals surface area contributed by atoms with Crippen molar-refractivity contribution in [1.82, 2.24) is 0 Å². The maximum absolute atomic E-state index is 13.6. The summed E-state index contributed by atoms with van der Waals surface area (Å²) >= 11 is 6.07. The number of Topliss-reactive ketones (excluding diaryl/α,β-unsaturated/α-hetero) is 2. The summed E-state index contributed by atoms with van der Waals surface area (Å²) in [6.45, 7) is 3.83. The van der Waals surface area contributed by atoms with Gasteiger partial charge in [-0.05, 0) is 24.0 Å². The molecule has 0 bridgehead atoms. The summed E-state index contributed by atoms with van der Waals surface area (Å²) in [6, 6.07) is 5.61. The number of allylic oxidation sites excluding steroid dienone is 2. The number of ketones is 2. The zero-order chi connectivity index (χ0) is 14.2. The van der Waals surface area contributed by atoms with Crippen molar-refractivity contribution in [3.8, 4) is 0 Å². The summed E-state index contributed by atoms with van der Waals surface area (Å²) in [5.41, 5.74) is -0.428. The highest BCUT2D eigenvalue weighted by Crippen LogP contribution is 2.39. The van der Waals surface area contributed by atoms with E-state index in [0.717, 1.165) is 0 Å². The standard InChI is InChI=1S/C15H14ClFO2/c1-15(2)7-10(16)13(12(18)8-15)14(19)9-5-3-4-6-11(9)17/h3-6H,7-8H2,1-2H3. The van der Waals surface area contributed by atoms with E-state index in [1.807, 2.05) is 13.8 Å². The SMILES string of the molecule is CC1(C)CC(=O)C(C(=O)c2ccccc2F)=C(Cl)C1. The summed E-state index contributed by atoms with van der Waals surface area (Å²) in [7, 11) is 0. The lowest BCUT2D eigenvalue weighted by atomic mass is 9.76. The first-order valence-corrected chi connectivity index (χ1v) is 6.41. The van der Waals surface area contributed by atoms with Gasteiger partial charge in [0.1, 0.15) is 5.82 Å². The molecule has 19 heavy (non-hydrogen) atoms. The highest BCUT2D eigenvalue weighted by molar-refractivity contribution is 6.39. The van der Waals surface area contributed by atoms with Crippen molar-refractivity contribution in [1.29, 1.82) is 0 Å². The van der Waals surface area contributed by atoms with Crippen LogP contribution in [0.15, 0.2) is 34.9 Å². The highest BCUT2D eigenvalue weighted by atomic mass is 35.5. The number of halogens is 2. The number of hydrogen-bond donors (Lipinski definition) is 0. The minimum atomic E-state index is -0.637. The van der Waals surface area contributed by atoms with Gasteiger partial charge in [-0.2, -0.15) is 0 Å². The molecule has 0 unspecified atom stereocenters. The molecular weight excluding hydrogens is 267 g/mol. The fraction of sp³-hybridized carbons (Fsp3) is 0.333. The Bertz CT molecular complexity index is 588. The van der Waals surface area contributed by atoms with Crippen LogP contribution in [0.2, 0.25) is 0 Å². The molecule has 2 nitrogen and oxygen atoms in total. The van der Waals surface area contributed by atoms with Gasteiger partial charge in [0.15, 0.2) is 5.78 Å². The van der Waals surface area contributed by atoms with Gasteiger partial charge in [-0.15, -0.1) is 0 Å². The third kappa shape index (κ3) is 2.76. The minimum Gasteiger partial charge on any atom is -0.294 e. The molecular formula is C15H14ClFO2. The maximum atomic E-state index is 13.6. The van der Waals surface area contributed by atoms with Gasteiger partial charge in [0, 0.05) is 11.5 Å². The van der Waals surface area contributed by atoms with E-state index in [2.05, 4.69) is 0 Å². The molecule has 0 aromatic heterocycles. The molecule has 0 atom stereocenters. The van der Waals surface area contributed by atoms with Crippen molar-refractivity contribution in [3.05, 3.63) is 46.3 Å². The Morgan fingerprint density at radius 1 is 1.26 bits per heavy atom. The molecule has 0 radical (unpaired) electrons. The van der Waals surface area contributed by atoms with Gasteiger partial charge >= 0.3 is 0 Å². The van der Waals surface area contributed by atoms with E-state index in [9.17, 15) is 14.0 Å². The van der Waals surface area contributed by atoms with Gasteiger partial charge < -0.3 is 0 Å². The van der Waals surface area contributed by atoms with Crippen LogP contribution < -0.4 is 0 Å². The highest BCUT2D eigenvalue weighted by Gasteiger charge is 2.36. The summed E-state index contributed by atoms with van der Waals surface area (Å²) in [6.07, 6.45) is 0.703. The van der Waals surface area contributed by atoms with Crippen molar-refractivity contribution >= 4 is 23.2 Å². The van der Waals surface area contributed by atoms with Crippen LogP contribution in [0.3, 0.4) is 0 Å². The van der Waals surface area contributed by atoms with Crippen LogP contribution in [0.1, 0.15) is 37.0 Å². The molecule has 0 saturated carbocycles. The Kier molecular flexibility index (Phi) is 3.59. The summed E-state index contributed by atoms with van der Waals surface area (Å²) in [5.74, 6) is -1.57. The molecule has 1 aromatic carbocycles. The van der Waals surface area contributed by atoms with E-state index in [1.165, 1.54) is 18.2 Å². The topological polar surface area (TPSA) is 34.1 Å². The first-order valence-electron chi connectivity index (χ1n) is 6.03.